The van der Waals surface area contributed by atoms with Crippen LogP contribution < -0.4 is 4.90 Å². The maximum absolute atomic E-state index is 3.61. The second-order valence-corrected chi connectivity index (χ2v) is 9.97. The van der Waals surface area contributed by atoms with E-state index >= 15 is 0 Å². The number of anilines is 3. The highest BCUT2D eigenvalue weighted by Gasteiger charge is 2.15. The Morgan fingerprint density at radius 1 is 0.457 bits per heavy atom. The molecule has 6 aromatic carbocycles. The van der Waals surface area contributed by atoms with Crippen molar-refractivity contribution >= 4 is 65.3 Å². The number of hydrogen-bond donors (Lipinski definition) is 0. The van der Waals surface area contributed by atoms with Gasteiger partial charge in [0.25, 0.3) is 0 Å². The van der Waals surface area contributed by atoms with Gasteiger partial charge >= 0.3 is 0 Å². The first-order chi connectivity index (χ1) is 17.1. The zero-order valence-electron chi connectivity index (χ0n) is 19.9. The van der Waals surface area contributed by atoms with Crippen LogP contribution in [0, 0.1) is 13.8 Å². The highest BCUT2D eigenvalue weighted by atomic mass is 79.9. The Morgan fingerprint density at radius 2 is 0.886 bits per heavy atom. The summed E-state index contributed by atoms with van der Waals surface area (Å²) in [6.45, 7) is 4.29. The summed E-state index contributed by atoms with van der Waals surface area (Å²) in [7, 11) is 0. The molecule has 0 fully saturated rings. The van der Waals surface area contributed by atoms with Crippen LogP contribution in [-0.2, 0) is 5.33 Å². The zero-order chi connectivity index (χ0) is 23.9. The molecule has 0 radical (unpaired) electrons. The normalized spacial score (nSPS) is 11.4. The van der Waals surface area contributed by atoms with Gasteiger partial charge in [0.1, 0.15) is 0 Å². The van der Waals surface area contributed by atoms with E-state index in [9.17, 15) is 0 Å². The van der Waals surface area contributed by atoms with Crippen molar-refractivity contribution < 1.29 is 0 Å². The van der Waals surface area contributed by atoms with E-state index < -0.39 is 0 Å². The Kier molecular flexibility index (Phi) is 5.54. The minimum atomic E-state index is 0.852. The molecule has 0 amide bonds. The highest BCUT2D eigenvalue weighted by Crippen LogP contribution is 2.39. The lowest BCUT2D eigenvalue weighted by Crippen LogP contribution is -2.10. The number of fused-ring (bicyclic) bond motifs is 3. The van der Waals surface area contributed by atoms with Crippen LogP contribution in [0.2, 0.25) is 0 Å². The van der Waals surface area contributed by atoms with E-state index in [-0.39, 0.29) is 0 Å². The topological polar surface area (TPSA) is 3.24 Å². The molecule has 0 spiro atoms. The number of aryl methyl sites for hydroxylation is 2. The lowest BCUT2D eigenvalue weighted by atomic mass is 10.0. The van der Waals surface area contributed by atoms with Crippen LogP contribution in [0.15, 0.2) is 109 Å². The van der Waals surface area contributed by atoms with Gasteiger partial charge in [0.2, 0.25) is 0 Å². The van der Waals surface area contributed by atoms with Crippen molar-refractivity contribution in [2.24, 2.45) is 0 Å². The average molecular weight is 516 g/mol. The van der Waals surface area contributed by atoms with E-state index in [0.717, 1.165) is 22.4 Å². The van der Waals surface area contributed by atoms with E-state index in [1.807, 2.05) is 0 Å². The molecular formula is C33H26BrN. The molecule has 0 saturated heterocycles. The van der Waals surface area contributed by atoms with Gasteiger partial charge in [-0.3, -0.25) is 0 Å². The molecule has 0 aromatic heterocycles. The van der Waals surface area contributed by atoms with Crippen molar-refractivity contribution in [1.82, 2.24) is 0 Å². The van der Waals surface area contributed by atoms with Crippen LogP contribution in [0.1, 0.15) is 16.7 Å². The maximum atomic E-state index is 3.61. The molecule has 1 nitrogen and oxygen atoms in total. The molecule has 0 bridgehead atoms. The largest absolute Gasteiger partial charge is 0.310 e. The lowest BCUT2D eigenvalue weighted by Gasteiger charge is -2.26. The summed E-state index contributed by atoms with van der Waals surface area (Å²) in [4.78, 5) is 2.37. The maximum Gasteiger partial charge on any atom is 0.0468 e. The van der Waals surface area contributed by atoms with Gasteiger partial charge in [-0.25, -0.2) is 0 Å². The molecule has 0 saturated carbocycles. The van der Waals surface area contributed by atoms with Crippen molar-refractivity contribution in [2.75, 3.05) is 4.90 Å². The Morgan fingerprint density at radius 3 is 1.43 bits per heavy atom. The molecule has 0 atom stereocenters. The molecule has 6 rings (SSSR count). The molecule has 0 aliphatic heterocycles. The van der Waals surface area contributed by atoms with Gasteiger partial charge in [-0.05, 0) is 88.1 Å². The number of benzene rings is 6. The van der Waals surface area contributed by atoms with Gasteiger partial charge in [-0.1, -0.05) is 99.9 Å². The third kappa shape index (κ3) is 4.19. The number of rotatable bonds is 4. The molecule has 2 heteroatoms. The number of nitrogens with zero attached hydrogens (tertiary/aromatic N) is 1. The van der Waals surface area contributed by atoms with Gasteiger partial charge in [-0.15, -0.1) is 0 Å². The van der Waals surface area contributed by atoms with E-state index in [1.54, 1.807) is 0 Å². The van der Waals surface area contributed by atoms with Crippen LogP contribution in [-0.4, -0.2) is 0 Å². The van der Waals surface area contributed by atoms with Crippen molar-refractivity contribution in [3.05, 3.63) is 126 Å². The van der Waals surface area contributed by atoms with Gasteiger partial charge in [0, 0.05) is 22.4 Å². The fourth-order valence-electron chi connectivity index (χ4n) is 4.94. The van der Waals surface area contributed by atoms with Crippen LogP contribution in [0.25, 0.3) is 32.3 Å². The van der Waals surface area contributed by atoms with Crippen LogP contribution in [0.5, 0.6) is 0 Å². The predicted octanol–water partition coefficient (Wildman–Crippen LogP) is 10.1. The number of halogens is 1. The Hall–Kier alpha value is -3.62. The van der Waals surface area contributed by atoms with Crippen LogP contribution in [0.4, 0.5) is 17.1 Å². The molecule has 6 aromatic rings. The third-order valence-electron chi connectivity index (χ3n) is 6.78. The second kappa shape index (κ2) is 8.87. The van der Waals surface area contributed by atoms with E-state index in [4.69, 9.17) is 0 Å². The average Bonchev–Trinajstić information content (AvgIpc) is 2.88. The van der Waals surface area contributed by atoms with Crippen molar-refractivity contribution in [3.63, 3.8) is 0 Å². The molecule has 0 unspecified atom stereocenters. The summed E-state index contributed by atoms with van der Waals surface area (Å²) in [5.74, 6) is 0. The molecule has 35 heavy (non-hydrogen) atoms. The number of hydrogen-bond acceptors (Lipinski definition) is 1. The monoisotopic (exact) mass is 515 g/mol. The molecule has 0 N–H and O–H groups in total. The lowest BCUT2D eigenvalue weighted by molar-refractivity contribution is 1.30. The molecular weight excluding hydrogens is 490 g/mol. The fraction of sp³-hybridized carbons (Fsp3) is 0.0909. The molecule has 0 aliphatic carbocycles. The predicted molar refractivity (Wildman–Crippen MR) is 156 cm³/mol. The van der Waals surface area contributed by atoms with Crippen LogP contribution in [0.3, 0.4) is 0 Å². The van der Waals surface area contributed by atoms with Gasteiger partial charge < -0.3 is 4.90 Å². The summed E-state index contributed by atoms with van der Waals surface area (Å²) in [6, 6.07) is 40.3. The first-order valence-electron chi connectivity index (χ1n) is 12.0. The summed E-state index contributed by atoms with van der Waals surface area (Å²) in [5, 5.41) is 8.38. The summed E-state index contributed by atoms with van der Waals surface area (Å²) in [5.41, 5.74) is 7.31. The Labute approximate surface area is 214 Å². The van der Waals surface area contributed by atoms with E-state index in [2.05, 4.69) is 144 Å². The number of alkyl halides is 1. The summed E-state index contributed by atoms with van der Waals surface area (Å²) in [6.07, 6.45) is 0. The minimum Gasteiger partial charge on any atom is -0.310 e. The third-order valence-corrected chi connectivity index (χ3v) is 7.42. The van der Waals surface area contributed by atoms with Gasteiger partial charge in [0.15, 0.2) is 0 Å². The van der Waals surface area contributed by atoms with Crippen molar-refractivity contribution in [2.45, 2.75) is 19.2 Å². The first-order valence-corrected chi connectivity index (χ1v) is 13.1. The van der Waals surface area contributed by atoms with E-state index in [0.29, 0.717) is 0 Å². The summed E-state index contributed by atoms with van der Waals surface area (Å²) < 4.78 is 0. The fourth-order valence-corrected chi connectivity index (χ4v) is 5.29. The second-order valence-electron chi connectivity index (χ2n) is 9.40. The molecule has 0 aliphatic rings. The first kappa shape index (κ1) is 21.9. The Bertz CT molecular complexity index is 1630. The SMILES string of the molecule is Cc1ccc2cc(N(c3ccc4cc(C)ccc4c3)c3ccc4ccc(CBr)cc4c3)ccc2c1. The quantitative estimate of drug-likeness (QED) is 0.211. The highest BCUT2D eigenvalue weighted by molar-refractivity contribution is 9.08. The standard InChI is InChI=1S/C33H26BrN/c1-22-3-6-28-18-31(13-10-26(28)15-22)35(32-14-11-27-16-23(2)4-7-29(27)19-32)33-12-9-25-8-5-24(21-34)17-30(25)20-33/h3-20H,21H2,1-2H3. The van der Waals surface area contributed by atoms with Gasteiger partial charge in [-0.2, -0.15) is 0 Å². The molecule has 170 valence electrons. The Balaban J connectivity index is 1.57. The van der Waals surface area contributed by atoms with Crippen molar-refractivity contribution in [3.8, 4) is 0 Å². The smallest absolute Gasteiger partial charge is 0.0468 e. The van der Waals surface area contributed by atoms with Crippen LogP contribution >= 0.6 is 15.9 Å². The van der Waals surface area contributed by atoms with Gasteiger partial charge in [0.05, 0.1) is 0 Å². The van der Waals surface area contributed by atoms with Crippen molar-refractivity contribution in [1.29, 1.82) is 0 Å². The summed E-state index contributed by atoms with van der Waals surface area (Å²) >= 11 is 3.61. The van der Waals surface area contributed by atoms with E-state index in [1.165, 1.54) is 49.0 Å². The minimum absolute atomic E-state index is 0.852. The molecule has 0 heterocycles. The zero-order valence-corrected chi connectivity index (χ0v) is 21.5.